The number of hydrogen-bond donors (Lipinski definition) is 2. The van der Waals surface area contributed by atoms with Crippen LogP contribution in [0, 0.1) is 11.7 Å². The van der Waals surface area contributed by atoms with Crippen LogP contribution >= 0.6 is 15.9 Å². The van der Waals surface area contributed by atoms with E-state index in [1.807, 2.05) is 6.07 Å². The number of carboxylic acid groups (broad SMARTS) is 1. The first kappa shape index (κ1) is 16.4. The highest BCUT2D eigenvalue weighted by molar-refractivity contribution is 9.10. The van der Waals surface area contributed by atoms with E-state index in [-0.39, 0.29) is 12.4 Å². The second kappa shape index (κ2) is 7.87. The lowest BCUT2D eigenvalue weighted by atomic mass is 9.97. The van der Waals surface area contributed by atoms with Crippen LogP contribution in [0.15, 0.2) is 22.7 Å². The largest absolute Gasteiger partial charge is 0.480 e. The third-order valence-corrected chi connectivity index (χ3v) is 4.63. The molecule has 1 aromatic rings. The summed E-state index contributed by atoms with van der Waals surface area (Å²) >= 11 is 3.30. The van der Waals surface area contributed by atoms with E-state index in [4.69, 9.17) is 5.11 Å². The Kier molecular flexibility index (Phi) is 6.14. The summed E-state index contributed by atoms with van der Waals surface area (Å²) in [6, 6.07) is 5.10. The number of aliphatic carboxylic acids is 1. The van der Waals surface area contributed by atoms with Crippen LogP contribution in [-0.2, 0) is 11.3 Å². The first-order valence-electron chi connectivity index (χ1n) is 7.14. The van der Waals surface area contributed by atoms with Crippen LogP contribution < -0.4 is 5.32 Å². The van der Waals surface area contributed by atoms with Crippen molar-refractivity contribution in [2.24, 2.45) is 5.92 Å². The molecule has 0 aromatic heterocycles. The topological polar surface area (TPSA) is 52.6 Å². The molecule has 0 bridgehead atoms. The number of benzene rings is 1. The number of rotatable bonds is 6. The molecule has 1 saturated heterocycles. The highest BCUT2D eigenvalue weighted by Crippen LogP contribution is 2.24. The number of nitrogens with zero attached hydrogens (tertiary/aromatic N) is 1. The second-order valence-electron chi connectivity index (χ2n) is 5.48. The van der Waals surface area contributed by atoms with Gasteiger partial charge >= 0.3 is 5.97 Å². The fourth-order valence-electron chi connectivity index (χ4n) is 2.76. The van der Waals surface area contributed by atoms with Crippen LogP contribution in [0.4, 0.5) is 4.39 Å². The predicted octanol–water partition coefficient (Wildman–Crippen LogP) is 2.47. The summed E-state index contributed by atoms with van der Waals surface area (Å²) in [6.45, 7) is 3.35. The lowest BCUT2D eigenvalue weighted by Crippen LogP contribution is -2.40. The Bertz CT molecular complexity index is 499. The molecule has 21 heavy (non-hydrogen) atoms. The molecule has 6 heteroatoms. The molecule has 1 heterocycles. The van der Waals surface area contributed by atoms with Gasteiger partial charge in [0.25, 0.3) is 0 Å². The van der Waals surface area contributed by atoms with Gasteiger partial charge in [0, 0.05) is 13.1 Å². The van der Waals surface area contributed by atoms with Gasteiger partial charge < -0.3 is 10.4 Å². The molecule has 4 nitrogen and oxygen atoms in total. The highest BCUT2D eigenvalue weighted by atomic mass is 79.9. The first-order chi connectivity index (χ1) is 10.1. The molecule has 1 aromatic carbocycles. The zero-order valence-electron chi connectivity index (χ0n) is 11.8. The lowest BCUT2D eigenvalue weighted by Gasteiger charge is -2.33. The van der Waals surface area contributed by atoms with Gasteiger partial charge in [-0.15, -0.1) is 0 Å². The van der Waals surface area contributed by atoms with Gasteiger partial charge in [0.15, 0.2) is 0 Å². The number of carboxylic acids is 1. The Hall–Kier alpha value is -0.980. The minimum atomic E-state index is -0.827. The molecule has 1 aliphatic rings. The van der Waals surface area contributed by atoms with Gasteiger partial charge in [0.05, 0.1) is 11.0 Å². The van der Waals surface area contributed by atoms with Crippen LogP contribution in [0.3, 0.4) is 0 Å². The first-order valence-corrected chi connectivity index (χ1v) is 7.93. The van der Waals surface area contributed by atoms with E-state index >= 15 is 0 Å². The molecular formula is C15H20BrFN2O2. The summed E-state index contributed by atoms with van der Waals surface area (Å²) in [5.41, 5.74) is 0.953. The summed E-state index contributed by atoms with van der Waals surface area (Å²) in [6.07, 6.45) is 2.19. The Morgan fingerprint density at radius 3 is 3.10 bits per heavy atom. The van der Waals surface area contributed by atoms with Crippen LogP contribution in [-0.4, -0.2) is 42.2 Å². The number of likely N-dealkylation sites (tertiary alicyclic amines) is 1. The quantitative estimate of drug-likeness (QED) is 0.820. The van der Waals surface area contributed by atoms with Crippen molar-refractivity contribution >= 4 is 21.9 Å². The Balaban J connectivity index is 1.86. The van der Waals surface area contributed by atoms with Gasteiger partial charge in [-0.1, -0.05) is 12.1 Å². The van der Waals surface area contributed by atoms with Crippen molar-refractivity contribution in [2.45, 2.75) is 19.4 Å². The number of hydrogen-bond acceptors (Lipinski definition) is 3. The maximum absolute atomic E-state index is 13.5. The second-order valence-corrected chi connectivity index (χ2v) is 6.27. The molecule has 2 N–H and O–H groups in total. The lowest BCUT2D eigenvalue weighted by molar-refractivity contribution is -0.136. The minimum absolute atomic E-state index is 0.00590. The number of halogens is 2. The average molecular weight is 359 g/mol. The SMILES string of the molecule is O=C(O)CNCC1CCCN(Cc2cccc(F)c2Br)C1. The Labute approximate surface area is 132 Å². The molecule has 0 radical (unpaired) electrons. The van der Waals surface area contributed by atoms with E-state index in [0.29, 0.717) is 23.5 Å². The van der Waals surface area contributed by atoms with Gasteiger partial charge in [-0.05, 0) is 59.4 Å². The van der Waals surface area contributed by atoms with E-state index < -0.39 is 5.97 Å². The Morgan fingerprint density at radius 2 is 2.33 bits per heavy atom. The molecule has 1 unspecified atom stereocenters. The molecule has 0 spiro atoms. The van der Waals surface area contributed by atoms with Gasteiger partial charge in [0.2, 0.25) is 0 Å². The molecule has 116 valence electrons. The molecule has 0 saturated carbocycles. The fourth-order valence-corrected chi connectivity index (χ4v) is 3.15. The minimum Gasteiger partial charge on any atom is -0.480 e. The zero-order chi connectivity index (χ0) is 15.2. The van der Waals surface area contributed by atoms with Crippen molar-refractivity contribution in [1.82, 2.24) is 10.2 Å². The fraction of sp³-hybridized carbons (Fsp3) is 0.533. The van der Waals surface area contributed by atoms with Crippen LogP contribution in [0.2, 0.25) is 0 Å². The molecule has 1 aliphatic heterocycles. The van der Waals surface area contributed by atoms with Crippen molar-refractivity contribution in [3.05, 3.63) is 34.1 Å². The highest BCUT2D eigenvalue weighted by Gasteiger charge is 2.20. The maximum Gasteiger partial charge on any atom is 0.317 e. The maximum atomic E-state index is 13.5. The van der Waals surface area contributed by atoms with Crippen LogP contribution in [0.1, 0.15) is 18.4 Å². The average Bonchev–Trinajstić information content (AvgIpc) is 2.44. The predicted molar refractivity (Wildman–Crippen MR) is 82.6 cm³/mol. The summed E-state index contributed by atoms with van der Waals surface area (Å²) < 4.78 is 14.1. The van der Waals surface area contributed by atoms with Gasteiger partial charge in [-0.3, -0.25) is 9.69 Å². The van der Waals surface area contributed by atoms with Crippen molar-refractivity contribution in [3.63, 3.8) is 0 Å². The number of nitrogens with one attached hydrogen (secondary N) is 1. The molecular weight excluding hydrogens is 339 g/mol. The summed E-state index contributed by atoms with van der Waals surface area (Å²) in [5, 5.41) is 11.6. The van der Waals surface area contributed by atoms with Gasteiger partial charge in [-0.2, -0.15) is 0 Å². The van der Waals surface area contributed by atoms with E-state index in [1.165, 1.54) is 6.07 Å². The normalized spacial score (nSPS) is 19.6. The summed E-state index contributed by atoms with van der Waals surface area (Å²) in [7, 11) is 0. The van der Waals surface area contributed by atoms with Crippen molar-refractivity contribution in [1.29, 1.82) is 0 Å². The smallest absolute Gasteiger partial charge is 0.317 e. The standard InChI is InChI=1S/C15H20BrFN2O2/c16-15-12(4-1-5-13(15)17)10-19-6-2-3-11(9-19)7-18-8-14(20)21/h1,4-5,11,18H,2-3,6-10H2,(H,20,21). The molecule has 1 atom stereocenters. The molecule has 0 amide bonds. The monoisotopic (exact) mass is 358 g/mol. The van der Waals surface area contributed by atoms with E-state index in [9.17, 15) is 9.18 Å². The van der Waals surface area contributed by atoms with Gasteiger partial charge in [-0.25, -0.2) is 4.39 Å². The third kappa shape index (κ3) is 5.05. The Morgan fingerprint density at radius 1 is 1.52 bits per heavy atom. The van der Waals surface area contributed by atoms with Crippen molar-refractivity contribution < 1.29 is 14.3 Å². The van der Waals surface area contributed by atoms with Crippen molar-refractivity contribution in [3.8, 4) is 0 Å². The van der Waals surface area contributed by atoms with E-state index in [0.717, 1.165) is 31.5 Å². The molecule has 1 fully saturated rings. The van der Waals surface area contributed by atoms with Crippen molar-refractivity contribution in [2.75, 3.05) is 26.2 Å². The van der Waals surface area contributed by atoms with E-state index in [1.54, 1.807) is 6.07 Å². The zero-order valence-corrected chi connectivity index (χ0v) is 13.4. The molecule has 2 rings (SSSR count). The number of carbonyl (C=O) groups is 1. The number of piperidine rings is 1. The van der Waals surface area contributed by atoms with Crippen LogP contribution in [0.25, 0.3) is 0 Å². The summed E-state index contributed by atoms with van der Waals surface area (Å²) in [4.78, 5) is 12.8. The van der Waals surface area contributed by atoms with E-state index in [2.05, 4.69) is 26.1 Å². The molecule has 0 aliphatic carbocycles. The van der Waals surface area contributed by atoms with Gasteiger partial charge in [0.1, 0.15) is 5.82 Å². The van der Waals surface area contributed by atoms with Crippen LogP contribution in [0.5, 0.6) is 0 Å². The third-order valence-electron chi connectivity index (χ3n) is 3.74. The summed E-state index contributed by atoms with van der Waals surface area (Å²) in [5.74, 6) is -0.610.